The molecule has 0 unspecified atom stereocenters. The van der Waals surface area contributed by atoms with E-state index in [1.54, 1.807) is 29.4 Å². The average Bonchev–Trinajstić information content (AvgIpc) is 2.80. The topological polar surface area (TPSA) is 70.6 Å². The maximum absolute atomic E-state index is 12.4. The van der Waals surface area contributed by atoms with Crippen LogP contribution in [0.1, 0.15) is 36.5 Å². The van der Waals surface area contributed by atoms with Crippen molar-refractivity contribution in [3.63, 3.8) is 0 Å². The zero-order chi connectivity index (χ0) is 16.0. The molecule has 1 aliphatic rings. The van der Waals surface area contributed by atoms with Gasteiger partial charge < -0.3 is 4.90 Å². The van der Waals surface area contributed by atoms with Gasteiger partial charge in [-0.1, -0.05) is 13.3 Å². The maximum Gasteiger partial charge on any atom is 0.254 e. The van der Waals surface area contributed by atoms with E-state index in [1.807, 2.05) is 6.92 Å². The van der Waals surface area contributed by atoms with Crippen molar-refractivity contribution < 1.29 is 13.2 Å². The van der Waals surface area contributed by atoms with Crippen LogP contribution in [0.15, 0.2) is 24.5 Å². The Hall–Kier alpha value is -1.47. The van der Waals surface area contributed by atoms with E-state index >= 15 is 0 Å². The predicted molar refractivity (Wildman–Crippen MR) is 85.0 cm³/mol. The smallest absolute Gasteiger partial charge is 0.254 e. The molecule has 0 aliphatic carbocycles. The van der Waals surface area contributed by atoms with Gasteiger partial charge in [0.1, 0.15) is 0 Å². The minimum Gasteiger partial charge on any atom is -0.337 e. The highest BCUT2D eigenvalue weighted by atomic mass is 32.2. The fraction of sp³-hybridized carbons (Fsp3) is 0.600. The zero-order valence-electron chi connectivity index (χ0n) is 12.9. The van der Waals surface area contributed by atoms with Crippen LogP contribution in [-0.4, -0.2) is 60.4 Å². The van der Waals surface area contributed by atoms with Gasteiger partial charge in [0.2, 0.25) is 10.0 Å². The van der Waals surface area contributed by atoms with Crippen LogP contribution in [0.2, 0.25) is 0 Å². The van der Waals surface area contributed by atoms with E-state index in [2.05, 4.69) is 4.98 Å². The van der Waals surface area contributed by atoms with E-state index in [0.29, 0.717) is 44.6 Å². The molecule has 0 radical (unpaired) electrons. The summed E-state index contributed by atoms with van der Waals surface area (Å²) in [7, 11) is -3.20. The van der Waals surface area contributed by atoms with Crippen LogP contribution in [0.5, 0.6) is 0 Å². The molecule has 2 rings (SSSR count). The van der Waals surface area contributed by atoms with Crippen LogP contribution in [0.4, 0.5) is 0 Å². The molecule has 0 aromatic carbocycles. The third-order valence-corrected chi connectivity index (χ3v) is 5.78. The molecule has 22 heavy (non-hydrogen) atoms. The van der Waals surface area contributed by atoms with Crippen LogP contribution in [0, 0.1) is 0 Å². The number of nitrogens with zero attached hydrogens (tertiary/aromatic N) is 3. The standard InChI is InChI=1S/C15H23N3O3S/c1-2-3-13-22(20,21)18-10-4-9-17(11-12-18)15(19)14-5-7-16-8-6-14/h5-8H,2-4,9-13H2,1H3. The fourth-order valence-corrected chi connectivity index (χ4v) is 4.19. The van der Waals surface area contributed by atoms with Crippen LogP contribution in [0.25, 0.3) is 0 Å². The van der Waals surface area contributed by atoms with Crippen molar-refractivity contribution in [3.05, 3.63) is 30.1 Å². The lowest BCUT2D eigenvalue weighted by Gasteiger charge is -2.22. The lowest BCUT2D eigenvalue weighted by Crippen LogP contribution is -2.38. The van der Waals surface area contributed by atoms with Gasteiger partial charge in [-0.05, 0) is 25.0 Å². The molecular formula is C15H23N3O3S. The van der Waals surface area contributed by atoms with E-state index in [4.69, 9.17) is 0 Å². The zero-order valence-corrected chi connectivity index (χ0v) is 13.8. The van der Waals surface area contributed by atoms with Crippen molar-refractivity contribution in [2.75, 3.05) is 31.9 Å². The molecule has 122 valence electrons. The Bertz CT molecular complexity index is 589. The first-order valence-corrected chi connectivity index (χ1v) is 9.32. The van der Waals surface area contributed by atoms with E-state index < -0.39 is 10.0 Å². The Kier molecular flexibility index (Phi) is 5.90. The lowest BCUT2D eigenvalue weighted by atomic mass is 10.2. The number of rotatable bonds is 5. The SMILES string of the molecule is CCCCS(=O)(=O)N1CCCN(C(=O)c2ccncc2)CC1. The summed E-state index contributed by atoms with van der Waals surface area (Å²) in [5.74, 6) is 0.136. The molecule has 1 saturated heterocycles. The quantitative estimate of drug-likeness (QED) is 0.819. The van der Waals surface area contributed by atoms with Crippen molar-refractivity contribution in [2.45, 2.75) is 26.2 Å². The Morgan fingerprint density at radius 1 is 1.18 bits per heavy atom. The number of unbranched alkanes of at least 4 members (excludes halogenated alkanes) is 1. The monoisotopic (exact) mass is 325 g/mol. The molecule has 1 fully saturated rings. The van der Waals surface area contributed by atoms with Gasteiger partial charge in [-0.25, -0.2) is 12.7 Å². The first-order chi connectivity index (χ1) is 10.5. The molecule has 1 amide bonds. The summed E-state index contributed by atoms with van der Waals surface area (Å²) in [6.45, 7) is 3.87. The number of carbonyl (C=O) groups excluding carboxylic acids is 1. The summed E-state index contributed by atoms with van der Waals surface area (Å²) in [5.41, 5.74) is 0.595. The van der Waals surface area contributed by atoms with Gasteiger partial charge in [0.05, 0.1) is 5.75 Å². The van der Waals surface area contributed by atoms with Crippen molar-refractivity contribution in [2.24, 2.45) is 0 Å². The van der Waals surface area contributed by atoms with Crippen LogP contribution < -0.4 is 0 Å². The van der Waals surface area contributed by atoms with E-state index in [1.165, 1.54) is 4.31 Å². The molecule has 1 aromatic rings. The van der Waals surface area contributed by atoms with Gasteiger partial charge in [0.25, 0.3) is 5.91 Å². The number of amides is 1. The third kappa shape index (κ3) is 4.27. The predicted octanol–water partition coefficient (Wildman–Crippen LogP) is 1.36. The van der Waals surface area contributed by atoms with Crippen LogP contribution in [-0.2, 0) is 10.0 Å². The molecule has 6 nitrogen and oxygen atoms in total. The average molecular weight is 325 g/mol. The fourth-order valence-electron chi connectivity index (χ4n) is 2.51. The Balaban J connectivity index is 1.99. The molecule has 7 heteroatoms. The summed E-state index contributed by atoms with van der Waals surface area (Å²) in [4.78, 5) is 18.0. The van der Waals surface area contributed by atoms with Gasteiger partial charge in [0, 0.05) is 44.1 Å². The van der Waals surface area contributed by atoms with E-state index in [0.717, 1.165) is 6.42 Å². The first-order valence-electron chi connectivity index (χ1n) is 7.71. The van der Waals surface area contributed by atoms with Crippen LogP contribution >= 0.6 is 0 Å². The Labute approximate surface area is 132 Å². The normalized spacial score (nSPS) is 17.2. The summed E-state index contributed by atoms with van der Waals surface area (Å²) >= 11 is 0. The second kappa shape index (κ2) is 7.69. The summed E-state index contributed by atoms with van der Waals surface area (Å²) in [6, 6.07) is 3.37. The van der Waals surface area contributed by atoms with Crippen molar-refractivity contribution in [1.82, 2.24) is 14.2 Å². The number of carbonyl (C=O) groups is 1. The Morgan fingerprint density at radius 3 is 2.59 bits per heavy atom. The van der Waals surface area contributed by atoms with Gasteiger partial charge >= 0.3 is 0 Å². The molecule has 1 aromatic heterocycles. The highest BCUT2D eigenvalue weighted by Crippen LogP contribution is 2.12. The van der Waals surface area contributed by atoms with Gasteiger partial charge in [-0.15, -0.1) is 0 Å². The lowest BCUT2D eigenvalue weighted by molar-refractivity contribution is 0.0764. The van der Waals surface area contributed by atoms with Crippen molar-refractivity contribution in [3.8, 4) is 0 Å². The molecular weight excluding hydrogens is 302 g/mol. The molecule has 0 N–H and O–H groups in total. The Morgan fingerprint density at radius 2 is 1.91 bits per heavy atom. The van der Waals surface area contributed by atoms with E-state index in [9.17, 15) is 13.2 Å². The minimum atomic E-state index is -3.20. The summed E-state index contributed by atoms with van der Waals surface area (Å²) in [5, 5.41) is 0. The largest absolute Gasteiger partial charge is 0.337 e. The highest BCUT2D eigenvalue weighted by molar-refractivity contribution is 7.89. The molecule has 1 aliphatic heterocycles. The first kappa shape index (κ1) is 16.9. The van der Waals surface area contributed by atoms with Crippen molar-refractivity contribution in [1.29, 1.82) is 0 Å². The maximum atomic E-state index is 12.4. The molecule has 0 bridgehead atoms. The van der Waals surface area contributed by atoms with Gasteiger partial charge in [0.15, 0.2) is 0 Å². The second-order valence-electron chi connectivity index (χ2n) is 5.45. The van der Waals surface area contributed by atoms with Gasteiger partial charge in [-0.2, -0.15) is 0 Å². The number of sulfonamides is 1. The number of aromatic nitrogens is 1. The third-order valence-electron chi connectivity index (χ3n) is 3.82. The minimum absolute atomic E-state index is 0.0600. The van der Waals surface area contributed by atoms with Crippen LogP contribution in [0.3, 0.4) is 0 Å². The van der Waals surface area contributed by atoms with Gasteiger partial charge in [-0.3, -0.25) is 9.78 Å². The number of hydrogen-bond acceptors (Lipinski definition) is 4. The number of hydrogen-bond donors (Lipinski definition) is 0. The molecule has 0 spiro atoms. The second-order valence-corrected chi connectivity index (χ2v) is 7.54. The molecule has 0 saturated carbocycles. The number of pyridine rings is 1. The van der Waals surface area contributed by atoms with E-state index in [-0.39, 0.29) is 11.7 Å². The molecule has 0 atom stereocenters. The highest BCUT2D eigenvalue weighted by Gasteiger charge is 2.26. The molecule has 2 heterocycles. The summed E-state index contributed by atoms with van der Waals surface area (Å²) < 4.78 is 26.0. The van der Waals surface area contributed by atoms with Crippen molar-refractivity contribution >= 4 is 15.9 Å². The summed E-state index contributed by atoms with van der Waals surface area (Å²) in [6.07, 6.45) is 5.39.